The van der Waals surface area contributed by atoms with Crippen LogP contribution in [0.2, 0.25) is 0 Å². The van der Waals surface area contributed by atoms with Crippen LogP contribution in [0.25, 0.3) is 0 Å². The van der Waals surface area contributed by atoms with Crippen LogP contribution in [0, 0.1) is 11.8 Å². The van der Waals surface area contributed by atoms with Gasteiger partial charge in [0.2, 0.25) is 0 Å². The Hall–Kier alpha value is -0.820. The summed E-state index contributed by atoms with van der Waals surface area (Å²) in [7, 11) is 0. The van der Waals surface area contributed by atoms with Gasteiger partial charge < -0.3 is 5.11 Å². The van der Waals surface area contributed by atoms with E-state index in [1.807, 2.05) is 0 Å². The molecule has 0 bridgehead atoms. The molecule has 2 heterocycles. The molecule has 1 saturated heterocycles. The van der Waals surface area contributed by atoms with Gasteiger partial charge in [-0.3, -0.25) is 4.90 Å². The van der Waals surface area contributed by atoms with Crippen molar-refractivity contribution in [2.24, 2.45) is 0 Å². The van der Waals surface area contributed by atoms with Crippen LogP contribution in [0.3, 0.4) is 0 Å². The number of piperidine rings is 1. The van der Waals surface area contributed by atoms with E-state index in [1.165, 1.54) is 24.1 Å². The van der Waals surface area contributed by atoms with Crippen molar-refractivity contribution in [3.8, 4) is 11.8 Å². The van der Waals surface area contributed by atoms with Crippen LogP contribution in [0.4, 0.5) is 0 Å². The molecule has 0 unspecified atom stereocenters. The molecule has 1 fully saturated rings. The Morgan fingerprint density at radius 2 is 2.11 bits per heavy atom. The summed E-state index contributed by atoms with van der Waals surface area (Å²) in [5, 5.41) is 10.8. The third kappa shape index (κ3) is 4.07. The van der Waals surface area contributed by atoms with E-state index in [1.54, 1.807) is 11.3 Å². The lowest BCUT2D eigenvalue weighted by Gasteiger charge is -2.38. The Morgan fingerprint density at radius 3 is 2.79 bits per heavy atom. The predicted molar refractivity (Wildman–Crippen MR) is 81.2 cm³/mol. The maximum Gasteiger partial charge on any atom is 0.0540 e. The van der Waals surface area contributed by atoms with E-state index in [0.717, 1.165) is 12.1 Å². The Labute approximate surface area is 120 Å². The van der Waals surface area contributed by atoms with Crippen molar-refractivity contribution >= 4 is 11.3 Å². The molecule has 3 heteroatoms. The van der Waals surface area contributed by atoms with E-state index in [-0.39, 0.29) is 6.61 Å². The number of thiophene rings is 1. The fraction of sp³-hybridized carbons (Fsp3) is 0.625. The minimum absolute atomic E-state index is 0.146. The van der Waals surface area contributed by atoms with E-state index in [4.69, 9.17) is 5.11 Å². The number of hydrogen-bond donors (Lipinski definition) is 1. The van der Waals surface area contributed by atoms with Crippen LogP contribution in [-0.4, -0.2) is 28.7 Å². The van der Waals surface area contributed by atoms with Crippen molar-refractivity contribution in [1.82, 2.24) is 4.90 Å². The van der Waals surface area contributed by atoms with Crippen LogP contribution in [0.1, 0.15) is 50.0 Å². The molecule has 0 aromatic carbocycles. The van der Waals surface area contributed by atoms with Crippen LogP contribution in [-0.2, 0) is 6.54 Å². The highest BCUT2D eigenvalue weighted by Gasteiger charge is 2.24. The van der Waals surface area contributed by atoms with Gasteiger partial charge in [-0.2, -0.15) is 0 Å². The van der Waals surface area contributed by atoms with Gasteiger partial charge in [0.25, 0.3) is 0 Å². The van der Waals surface area contributed by atoms with E-state index < -0.39 is 0 Å². The lowest BCUT2D eigenvalue weighted by molar-refractivity contribution is 0.0964. The maximum absolute atomic E-state index is 8.72. The third-order valence-electron chi connectivity index (χ3n) is 3.84. The smallest absolute Gasteiger partial charge is 0.0540 e. The molecule has 0 spiro atoms. The minimum atomic E-state index is 0.146. The predicted octanol–water partition coefficient (Wildman–Crippen LogP) is 3.24. The summed E-state index contributed by atoms with van der Waals surface area (Å²) in [6, 6.07) is 3.58. The van der Waals surface area contributed by atoms with Gasteiger partial charge in [0.1, 0.15) is 0 Å². The molecule has 1 aromatic rings. The second-order valence-corrected chi connectivity index (χ2v) is 6.37. The van der Waals surface area contributed by atoms with E-state index in [0.29, 0.717) is 18.5 Å². The fourth-order valence-electron chi connectivity index (χ4n) is 2.72. The molecule has 1 aliphatic heterocycles. The van der Waals surface area contributed by atoms with Crippen molar-refractivity contribution in [2.75, 3.05) is 6.61 Å². The Bertz CT molecular complexity index is 447. The standard InChI is InChI=1S/C16H23NOS/c1-13-6-5-7-14(2)17(13)11-16-10-15(12-19-16)8-3-4-9-18/h10,12-14,18H,4-7,9,11H2,1-2H3/t13-,14+. The molecular weight excluding hydrogens is 254 g/mol. The number of aliphatic hydroxyl groups is 1. The monoisotopic (exact) mass is 277 g/mol. The molecule has 2 rings (SSSR count). The summed E-state index contributed by atoms with van der Waals surface area (Å²) in [6.45, 7) is 5.87. The molecule has 2 nitrogen and oxygen atoms in total. The number of hydrogen-bond acceptors (Lipinski definition) is 3. The Balaban J connectivity index is 1.97. The van der Waals surface area contributed by atoms with E-state index >= 15 is 0 Å². The second kappa shape index (κ2) is 7.09. The first-order valence-electron chi connectivity index (χ1n) is 7.13. The number of aliphatic hydroxyl groups excluding tert-OH is 1. The topological polar surface area (TPSA) is 23.5 Å². The van der Waals surface area contributed by atoms with Crippen LogP contribution >= 0.6 is 11.3 Å². The summed E-state index contributed by atoms with van der Waals surface area (Å²) in [4.78, 5) is 4.01. The lowest BCUT2D eigenvalue weighted by Crippen LogP contribution is -2.42. The summed E-state index contributed by atoms with van der Waals surface area (Å²) in [5.41, 5.74) is 1.09. The quantitative estimate of drug-likeness (QED) is 0.857. The number of likely N-dealkylation sites (tertiary alicyclic amines) is 1. The second-order valence-electron chi connectivity index (χ2n) is 5.38. The van der Waals surface area contributed by atoms with Crippen molar-refractivity contribution in [3.63, 3.8) is 0 Å². The van der Waals surface area contributed by atoms with Crippen LogP contribution in [0.15, 0.2) is 11.4 Å². The van der Waals surface area contributed by atoms with Crippen molar-refractivity contribution in [1.29, 1.82) is 0 Å². The van der Waals surface area contributed by atoms with Gasteiger partial charge in [0, 0.05) is 40.9 Å². The average Bonchev–Trinajstić information content (AvgIpc) is 2.82. The average molecular weight is 277 g/mol. The summed E-state index contributed by atoms with van der Waals surface area (Å²) < 4.78 is 0. The van der Waals surface area contributed by atoms with Crippen molar-refractivity contribution in [2.45, 2.75) is 58.2 Å². The lowest BCUT2D eigenvalue weighted by atomic mass is 9.97. The molecule has 1 N–H and O–H groups in total. The highest BCUT2D eigenvalue weighted by Crippen LogP contribution is 2.26. The van der Waals surface area contributed by atoms with Crippen molar-refractivity contribution < 1.29 is 5.11 Å². The van der Waals surface area contributed by atoms with Gasteiger partial charge in [-0.15, -0.1) is 11.3 Å². The summed E-state index contributed by atoms with van der Waals surface area (Å²) in [6.07, 6.45) is 4.56. The normalized spacial score (nSPS) is 23.9. The van der Waals surface area contributed by atoms with Crippen LogP contribution < -0.4 is 0 Å². The third-order valence-corrected chi connectivity index (χ3v) is 4.76. The summed E-state index contributed by atoms with van der Waals surface area (Å²) in [5.74, 6) is 6.09. The van der Waals surface area contributed by atoms with Gasteiger partial charge >= 0.3 is 0 Å². The molecule has 1 aliphatic rings. The molecule has 0 amide bonds. The first kappa shape index (κ1) is 14.6. The molecule has 2 atom stereocenters. The molecule has 19 heavy (non-hydrogen) atoms. The zero-order valence-corrected chi connectivity index (χ0v) is 12.7. The van der Waals surface area contributed by atoms with Crippen molar-refractivity contribution in [3.05, 3.63) is 21.9 Å². The van der Waals surface area contributed by atoms with Gasteiger partial charge in [-0.05, 0) is 32.8 Å². The molecule has 1 aromatic heterocycles. The van der Waals surface area contributed by atoms with Gasteiger partial charge in [-0.1, -0.05) is 18.3 Å². The Kier molecular flexibility index (Phi) is 5.45. The highest BCUT2D eigenvalue weighted by atomic mass is 32.1. The largest absolute Gasteiger partial charge is 0.395 e. The minimum Gasteiger partial charge on any atom is -0.395 e. The van der Waals surface area contributed by atoms with Gasteiger partial charge in [-0.25, -0.2) is 0 Å². The zero-order valence-electron chi connectivity index (χ0n) is 11.9. The van der Waals surface area contributed by atoms with E-state index in [2.05, 4.69) is 42.0 Å². The highest BCUT2D eigenvalue weighted by molar-refractivity contribution is 7.10. The zero-order chi connectivity index (χ0) is 13.7. The first-order chi connectivity index (χ1) is 9.20. The number of rotatable bonds is 3. The SMILES string of the molecule is C[C@@H]1CCC[C@H](C)N1Cc1cc(C#CCCO)cs1. The molecule has 0 radical (unpaired) electrons. The molecular formula is C16H23NOS. The van der Waals surface area contributed by atoms with E-state index in [9.17, 15) is 0 Å². The fourth-order valence-corrected chi connectivity index (χ4v) is 3.54. The first-order valence-corrected chi connectivity index (χ1v) is 8.01. The van der Waals surface area contributed by atoms with Gasteiger partial charge in [0.15, 0.2) is 0 Å². The molecule has 0 aliphatic carbocycles. The summed E-state index contributed by atoms with van der Waals surface area (Å²) >= 11 is 1.80. The van der Waals surface area contributed by atoms with Crippen LogP contribution in [0.5, 0.6) is 0 Å². The molecule has 104 valence electrons. The maximum atomic E-state index is 8.72. The van der Waals surface area contributed by atoms with Gasteiger partial charge in [0.05, 0.1) is 6.61 Å². The number of nitrogens with zero attached hydrogens (tertiary/aromatic N) is 1. The molecule has 0 saturated carbocycles. The Morgan fingerprint density at radius 1 is 1.37 bits per heavy atom.